The molecule has 0 aliphatic carbocycles. The van der Waals surface area contributed by atoms with Gasteiger partial charge in [-0.05, 0) is 31.0 Å². The lowest BCUT2D eigenvalue weighted by atomic mass is 10.0. The second-order valence-corrected chi connectivity index (χ2v) is 11.1. The summed E-state index contributed by atoms with van der Waals surface area (Å²) in [7, 11) is -1.79. The van der Waals surface area contributed by atoms with E-state index in [0.29, 0.717) is 30.3 Å². The lowest BCUT2D eigenvalue weighted by Crippen LogP contribution is -2.56. The Morgan fingerprint density at radius 1 is 1.22 bits per heavy atom. The minimum absolute atomic E-state index is 0.0498. The summed E-state index contributed by atoms with van der Waals surface area (Å²) >= 11 is 6.30. The van der Waals surface area contributed by atoms with Crippen molar-refractivity contribution in [2.45, 2.75) is 70.9 Å². The van der Waals surface area contributed by atoms with Gasteiger partial charge in [-0.2, -0.15) is 4.31 Å². The molecule has 1 aliphatic heterocycles. The maximum absolute atomic E-state index is 12.9. The summed E-state index contributed by atoms with van der Waals surface area (Å²) in [5.74, 6) is 0.323. The molecular formula is C23H38ClN3O4S. The van der Waals surface area contributed by atoms with E-state index in [1.54, 1.807) is 7.11 Å². The minimum atomic E-state index is -3.36. The number of nitrogens with two attached hydrogens (primary N) is 1. The Morgan fingerprint density at radius 2 is 1.91 bits per heavy atom. The van der Waals surface area contributed by atoms with Gasteiger partial charge in [0.2, 0.25) is 15.9 Å². The molecule has 0 saturated carbocycles. The van der Waals surface area contributed by atoms with Crippen LogP contribution in [0, 0.1) is 0 Å². The third-order valence-corrected chi connectivity index (χ3v) is 8.45. The summed E-state index contributed by atoms with van der Waals surface area (Å²) in [6, 6.07) is 5.29. The first-order valence-corrected chi connectivity index (χ1v) is 13.5. The minimum Gasteiger partial charge on any atom is -0.495 e. The number of sulfonamides is 1. The van der Waals surface area contributed by atoms with Crippen molar-refractivity contribution in [2.24, 2.45) is 5.73 Å². The van der Waals surface area contributed by atoms with E-state index in [9.17, 15) is 13.2 Å². The van der Waals surface area contributed by atoms with E-state index >= 15 is 0 Å². The molecule has 1 fully saturated rings. The van der Waals surface area contributed by atoms with Crippen LogP contribution in [0.15, 0.2) is 18.2 Å². The van der Waals surface area contributed by atoms with Crippen molar-refractivity contribution < 1.29 is 17.9 Å². The van der Waals surface area contributed by atoms with Crippen molar-refractivity contribution in [1.29, 1.82) is 0 Å². The maximum Gasteiger partial charge on any atom is 0.219 e. The van der Waals surface area contributed by atoms with Crippen LogP contribution in [0.1, 0.15) is 70.4 Å². The lowest BCUT2D eigenvalue weighted by molar-refractivity contribution is -0.119. The highest BCUT2D eigenvalue weighted by Gasteiger charge is 2.36. The van der Waals surface area contributed by atoms with Crippen LogP contribution in [0.3, 0.4) is 0 Å². The fourth-order valence-corrected chi connectivity index (χ4v) is 6.20. The van der Waals surface area contributed by atoms with Gasteiger partial charge in [-0.3, -0.25) is 9.69 Å². The van der Waals surface area contributed by atoms with E-state index < -0.39 is 15.9 Å². The van der Waals surface area contributed by atoms with E-state index in [0.717, 1.165) is 24.8 Å². The van der Waals surface area contributed by atoms with E-state index in [4.69, 9.17) is 22.1 Å². The van der Waals surface area contributed by atoms with Gasteiger partial charge in [-0.25, -0.2) is 8.42 Å². The molecule has 0 spiro atoms. The molecule has 0 radical (unpaired) electrons. The number of halogens is 1. The smallest absolute Gasteiger partial charge is 0.219 e. The number of rotatable bonds is 13. The first-order valence-electron chi connectivity index (χ1n) is 11.5. The molecular weight excluding hydrogens is 450 g/mol. The summed E-state index contributed by atoms with van der Waals surface area (Å²) in [6.07, 6.45) is 6.31. The number of nitrogens with zero attached hydrogens (tertiary/aromatic N) is 2. The van der Waals surface area contributed by atoms with Crippen LogP contribution >= 0.6 is 11.6 Å². The average Bonchev–Trinajstić information content (AvgIpc) is 2.75. The van der Waals surface area contributed by atoms with Crippen molar-refractivity contribution in [3.63, 3.8) is 0 Å². The zero-order valence-corrected chi connectivity index (χ0v) is 21.1. The van der Waals surface area contributed by atoms with Gasteiger partial charge in [0.05, 0.1) is 17.9 Å². The fraction of sp³-hybridized carbons (Fsp3) is 0.696. The summed E-state index contributed by atoms with van der Waals surface area (Å²) in [5.41, 5.74) is 6.49. The Labute approximate surface area is 198 Å². The fourth-order valence-electron chi connectivity index (χ4n) is 4.35. The van der Waals surface area contributed by atoms with Gasteiger partial charge in [0.15, 0.2) is 0 Å². The average molecular weight is 488 g/mol. The number of methoxy groups -OCH3 is 1. The van der Waals surface area contributed by atoms with Gasteiger partial charge >= 0.3 is 0 Å². The molecule has 2 unspecified atom stereocenters. The molecule has 2 rings (SSSR count). The standard InChI is InChI=1S/C23H38ClN3O4S/c1-4-5-6-7-8-9-14-32(29,30)26-12-13-27(20(17-26)16-23(25)28)18(2)19-10-11-22(31-3)21(24)15-19/h10-11,15,18,20H,4-9,12-14,16-17H2,1-3H3,(H2,25,28). The highest BCUT2D eigenvalue weighted by atomic mass is 35.5. The van der Waals surface area contributed by atoms with Crippen molar-refractivity contribution in [3.05, 3.63) is 28.8 Å². The van der Waals surface area contributed by atoms with E-state index in [1.807, 2.05) is 25.1 Å². The summed E-state index contributed by atoms with van der Waals surface area (Å²) < 4.78 is 32.6. The molecule has 9 heteroatoms. The number of ether oxygens (including phenoxy) is 1. The van der Waals surface area contributed by atoms with Crippen LogP contribution in [0.5, 0.6) is 5.75 Å². The molecule has 0 bridgehead atoms. The van der Waals surface area contributed by atoms with Crippen molar-refractivity contribution >= 4 is 27.5 Å². The number of unbranched alkanes of at least 4 members (excludes halogenated alkanes) is 5. The highest BCUT2D eigenvalue weighted by Crippen LogP contribution is 2.32. The molecule has 1 aromatic carbocycles. The van der Waals surface area contributed by atoms with E-state index in [1.165, 1.54) is 17.1 Å². The van der Waals surface area contributed by atoms with Crippen molar-refractivity contribution in [1.82, 2.24) is 9.21 Å². The molecule has 32 heavy (non-hydrogen) atoms. The molecule has 7 nitrogen and oxygen atoms in total. The summed E-state index contributed by atoms with van der Waals surface area (Å²) in [4.78, 5) is 13.9. The van der Waals surface area contributed by atoms with Gasteiger partial charge in [-0.1, -0.05) is 56.7 Å². The number of amides is 1. The first kappa shape index (κ1) is 26.9. The molecule has 2 N–H and O–H groups in total. The normalized spacial score (nSPS) is 19.1. The quantitative estimate of drug-likeness (QED) is 0.425. The zero-order chi connectivity index (χ0) is 23.7. The Kier molecular flexibility index (Phi) is 10.7. The number of carbonyl (C=O) groups excluding carboxylic acids is 1. The highest BCUT2D eigenvalue weighted by molar-refractivity contribution is 7.89. The van der Waals surface area contributed by atoms with Crippen LogP contribution < -0.4 is 10.5 Å². The predicted molar refractivity (Wildman–Crippen MR) is 129 cm³/mol. The number of hydrogen-bond donors (Lipinski definition) is 1. The Hall–Kier alpha value is -1.35. The van der Waals surface area contributed by atoms with Crippen LogP contribution in [-0.2, 0) is 14.8 Å². The largest absolute Gasteiger partial charge is 0.495 e. The summed E-state index contributed by atoms with van der Waals surface area (Å²) in [6.45, 7) is 5.40. The lowest BCUT2D eigenvalue weighted by Gasteiger charge is -2.43. The zero-order valence-electron chi connectivity index (χ0n) is 19.6. The number of benzene rings is 1. The van der Waals surface area contributed by atoms with Gasteiger partial charge < -0.3 is 10.5 Å². The number of piperazine rings is 1. The number of carbonyl (C=O) groups is 1. The monoisotopic (exact) mass is 487 g/mol. The van der Waals surface area contributed by atoms with Crippen LogP contribution in [0.25, 0.3) is 0 Å². The van der Waals surface area contributed by atoms with Gasteiger partial charge in [0, 0.05) is 38.1 Å². The number of hydrogen-bond acceptors (Lipinski definition) is 5. The molecule has 1 amide bonds. The summed E-state index contributed by atoms with van der Waals surface area (Å²) in [5, 5.41) is 0.517. The first-order chi connectivity index (χ1) is 15.2. The molecule has 1 saturated heterocycles. The molecule has 182 valence electrons. The molecule has 0 aromatic heterocycles. The maximum atomic E-state index is 12.9. The Morgan fingerprint density at radius 3 is 2.53 bits per heavy atom. The SMILES string of the molecule is CCCCCCCCS(=O)(=O)N1CCN(C(C)c2ccc(OC)c(Cl)c2)C(CC(N)=O)C1. The second-order valence-electron chi connectivity index (χ2n) is 8.57. The van der Waals surface area contributed by atoms with Crippen molar-refractivity contribution in [3.8, 4) is 5.75 Å². The molecule has 2 atom stereocenters. The van der Waals surface area contributed by atoms with Crippen LogP contribution in [-0.4, -0.2) is 62.1 Å². The van der Waals surface area contributed by atoms with E-state index in [2.05, 4.69) is 11.8 Å². The third kappa shape index (κ3) is 7.61. The molecule has 1 heterocycles. The Bertz CT molecular complexity index is 850. The Balaban J connectivity index is 2.05. The topological polar surface area (TPSA) is 92.9 Å². The van der Waals surface area contributed by atoms with Crippen LogP contribution in [0.4, 0.5) is 0 Å². The third-order valence-electron chi connectivity index (χ3n) is 6.23. The predicted octanol–water partition coefficient (Wildman–Crippen LogP) is 3.96. The van der Waals surface area contributed by atoms with E-state index in [-0.39, 0.29) is 30.8 Å². The molecule has 1 aliphatic rings. The number of primary amides is 1. The van der Waals surface area contributed by atoms with Gasteiger partial charge in [-0.15, -0.1) is 0 Å². The van der Waals surface area contributed by atoms with Crippen molar-refractivity contribution in [2.75, 3.05) is 32.5 Å². The van der Waals surface area contributed by atoms with Gasteiger partial charge in [0.25, 0.3) is 0 Å². The van der Waals surface area contributed by atoms with Crippen LogP contribution in [0.2, 0.25) is 5.02 Å². The second kappa shape index (κ2) is 12.8. The molecule has 1 aromatic rings. The van der Waals surface area contributed by atoms with Gasteiger partial charge in [0.1, 0.15) is 5.75 Å².